The summed E-state index contributed by atoms with van der Waals surface area (Å²) in [6.07, 6.45) is 2.24. The lowest BCUT2D eigenvalue weighted by atomic mass is 10.2. The maximum absolute atomic E-state index is 9.02. The van der Waals surface area contributed by atoms with Crippen molar-refractivity contribution in [1.82, 2.24) is 9.97 Å². The molecule has 2 N–H and O–H groups in total. The number of aromatic nitrogens is 2. The number of hydrogen-bond donors (Lipinski definition) is 2. The van der Waals surface area contributed by atoms with Crippen LogP contribution in [0.15, 0.2) is 6.20 Å². The first kappa shape index (κ1) is 12.0. The summed E-state index contributed by atoms with van der Waals surface area (Å²) in [5.74, 6) is 0.476. The number of nitrogens with zero attached hydrogens (tertiary/aromatic N) is 2. The maximum Gasteiger partial charge on any atom is 0.318 e. The number of halogens is 1. The maximum atomic E-state index is 9.02. The van der Waals surface area contributed by atoms with Gasteiger partial charge < -0.3 is 15.2 Å². The second-order valence-corrected chi connectivity index (χ2v) is 3.39. The Kier molecular flexibility index (Phi) is 4.58. The number of anilines is 1. The Hall–Kier alpha value is -1.07. The SMILES string of the molecule is CCC(CO)Nc1nc(OC)ncc1Cl. The number of hydrogen-bond acceptors (Lipinski definition) is 5. The molecule has 0 saturated heterocycles. The standard InChI is InChI=1S/C9H14ClN3O2/c1-3-6(5-14)12-8-7(10)4-11-9(13-8)15-2/h4,6,14H,3,5H2,1-2H3,(H,11,12,13). The van der Waals surface area contributed by atoms with E-state index in [1.54, 1.807) is 0 Å². The van der Waals surface area contributed by atoms with Gasteiger partial charge in [0.1, 0.15) is 5.02 Å². The van der Waals surface area contributed by atoms with Crippen LogP contribution in [-0.2, 0) is 0 Å². The first-order valence-electron chi connectivity index (χ1n) is 4.65. The van der Waals surface area contributed by atoms with E-state index in [1.807, 2.05) is 6.92 Å². The van der Waals surface area contributed by atoms with Crippen LogP contribution in [0.3, 0.4) is 0 Å². The van der Waals surface area contributed by atoms with Crippen LogP contribution >= 0.6 is 11.6 Å². The van der Waals surface area contributed by atoms with Crippen LogP contribution < -0.4 is 10.1 Å². The molecule has 1 atom stereocenters. The molecule has 84 valence electrons. The van der Waals surface area contributed by atoms with Gasteiger partial charge in [-0.3, -0.25) is 0 Å². The van der Waals surface area contributed by atoms with Crippen molar-refractivity contribution in [3.63, 3.8) is 0 Å². The van der Waals surface area contributed by atoms with Crippen molar-refractivity contribution in [2.75, 3.05) is 19.0 Å². The molecule has 1 heterocycles. The highest BCUT2D eigenvalue weighted by Gasteiger charge is 2.10. The molecule has 15 heavy (non-hydrogen) atoms. The Bertz CT molecular complexity index is 318. The summed E-state index contributed by atoms with van der Waals surface area (Å²) in [5.41, 5.74) is 0. The fourth-order valence-corrected chi connectivity index (χ4v) is 1.17. The lowest BCUT2D eigenvalue weighted by molar-refractivity contribution is 0.271. The van der Waals surface area contributed by atoms with Crippen molar-refractivity contribution in [3.8, 4) is 6.01 Å². The van der Waals surface area contributed by atoms with Gasteiger partial charge >= 0.3 is 6.01 Å². The van der Waals surface area contributed by atoms with E-state index in [2.05, 4.69) is 15.3 Å². The van der Waals surface area contributed by atoms with Crippen LogP contribution in [-0.4, -0.2) is 34.8 Å². The lowest BCUT2D eigenvalue weighted by Gasteiger charge is -2.15. The Morgan fingerprint density at radius 3 is 2.93 bits per heavy atom. The number of methoxy groups -OCH3 is 1. The topological polar surface area (TPSA) is 67.3 Å². The van der Waals surface area contributed by atoms with Gasteiger partial charge in [0.05, 0.1) is 26.0 Å². The van der Waals surface area contributed by atoms with Crippen molar-refractivity contribution < 1.29 is 9.84 Å². The van der Waals surface area contributed by atoms with E-state index in [9.17, 15) is 0 Å². The van der Waals surface area contributed by atoms with Gasteiger partial charge in [-0.1, -0.05) is 18.5 Å². The molecule has 0 aliphatic rings. The molecule has 0 bridgehead atoms. The summed E-state index contributed by atoms with van der Waals surface area (Å²) >= 11 is 5.89. The summed E-state index contributed by atoms with van der Waals surface area (Å²) in [6.45, 7) is 1.99. The van der Waals surface area contributed by atoms with Gasteiger partial charge in [0.25, 0.3) is 0 Å². The summed E-state index contributed by atoms with van der Waals surface area (Å²) < 4.78 is 4.88. The molecule has 6 heteroatoms. The van der Waals surface area contributed by atoms with Crippen molar-refractivity contribution in [2.45, 2.75) is 19.4 Å². The molecule has 1 aromatic rings. The van der Waals surface area contributed by atoms with Crippen molar-refractivity contribution in [1.29, 1.82) is 0 Å². The third kappa shape index (κ3) is 3.21. The molecule has 1 rings (SSSR count). The molecule has 0 radical (unpaired) electrons. The third-order valence-electron chi connectivity index (χ3n) is 1.96. The number of rotatable bonds is 5. The zero-order valence-corrected chi connectivity index (χ0v) is 9.45. The molecule has 0 spiro atoms. The van der Waals surface area contributed by atoms with E-state index >= 15 is 0 Å². The van der Waals surface area contributed by atoms with Gasteiger partial charge in [0.2, 0.25) is 0 Å². The van der Waals surface area contributed by atoms with Crippen LogP contribution in [0, 0.1) is 0 Å². The van der Waals surface area contributed by atoms with Crippen LogP contribution in [0.5, 0.6) is 6.01 Å². The molecule has 0 saturated carbocycles. The smallest absolute Gasteiger partial charge is 0.318 e. The minimum atomic E-state index is -0.0675. The van der Waals surface area contributed by atoms with Gasteiger partial charge in [0, 0.05) is 0 Å². The van der Waals surface area contributed by atoms with Gasteiger partial charge in [-0.25, -0.2) is 4.98 Å². The van der Waals surface area contributed by atoms with Crippen molar-refractivity contribution in [3.05, 3.63) is 11.2 Å². The zero-order chi connectivity index (χ0) is 11.3. The summed E-state index contributed by atoms with van der Waals surface area (Å²) in [4.78, 5) is 7.89. The average Bonchev–Trinajstić information content (AvgIpc) is 2.28. The Labute approximate surface area is 93.5 Å². The number of aliphatic hydroxyl groups excluding tert-OH is 1. The minimum absolute atomic E-state index is 0.0269. The van der Waals surface area contributed by atoms with Crippen LogP contribution in [0.25, 0.3) is 0 Å². The fourth-order valence-electron chi connectivity index (χ4n) is 1.02. The number of nitrogens with one attached hydrogen (secondary N) is 1. The minimum Gasteiger partial charge on any atom is -0.467 e. The molecule has 0 amide bonds. The Morgan fingerprint density at radius 1 is 1.67 bits per heavy atom. The molecule has 0 aliphatic heterocycles. The molecular formula is C9H14ClN3O2. The second-order valence-electron chi connectivity index (χ2n) is 2.99. The van der Waals surface area contributed by atoms with E-state index in [-0.39, 0.29) is 18.7 Å². The van der Waals surface area contributed by atoms with E-state index < -0.39 is 0 Å². The van der Waals surface area contributed by atoms with E-state index in [4.69, 9.17) is 21.4 Å². The van der Waals surface area contributed by atoms with Crippen molar-refractivity contribution >= 4 is 17.4 Å². The van der Waals surface area contributed by atoms with Gasteiger partial charge in [-0.05, 0) is 6.42 Å². The van der Waals surface area contributed by atoms with Crippen LogP contribution in [0.2, 0.25) is 5.02 Å². The van der Waals surface area contributed by atoms with Crippen LogP contribution in [0.1, 0.15) is 13.3 Å². The quantitative estimate of drug-likeness (QED) is 0.800. The predicted molar refractivity (Wildman–Crippen MR) is 58.4 cm³/mol. The molecule has 0 aromatic carbocycles. The Balaban J connectivity index is 2.82. The highest BCUT2D eigenvalue weighted by Crippen LogP contribution is 2.21. The van der Waals surface area contributed by atoms with Crippen molar-refractivity contribution in [2.24, 2.45) is 0 Å². The van der Waals surface area contributed by atoms with E-state index in [0.717, 1.165) is 6.42 Å². The summed E-state index contributed by atoms with van der Waals surface area (Å²) in [7, 11) is 1.48. The van der Waals surface area contributed by atoms with Crippen LogP contribution in [0.4, 0.5) is 5.82 Å². The molecular weight excluding hydrogens is 218 g/mol. The number of aliphatic hydroxyl groups is 1. The molecule has 0 aliphatic carbocycles. The zero-order valence-electron chi connectivity index (χ0n) is 8.70. The summed E-state index contributed by atoms with van der Waals surface area (Å²) in [5, 5.41) is 12.4. The predicted octanol–water partition coefficient (Wildman–Crippen LogP) is 1.32. The largest absolute Gasteiger partial charge is 0.467 e. The Morgan fingerprint density at radius 2 is 2.40 bits per heavy atom. The molecule has 5 nitrogen and oxygen atoms in total. The molecule has 1 aromatic heterocycles. The monoisotopic (exact) mass is 231 g/mol. The van der Waals surface area contributed by atoms with Gasteiger partial charge in [-0.15, -0.1) is 0 Å². The van der Waals surface area contributed by atoms with E-state index in [1.165, 1.54) is 13.3 Å². The highest BCUT2D eigenvalue weighted by atomic mass is 35.5. The number of ether oxygens (including phenoxy) is 1. The first-order chi connectivity index (χ1) is 7.21. The fraction of sp³-hybridized carbons (Fsp3) is 0.556. The summed E-state index contributed by atoms with van der Waals surface area (Å²) in [6, 6.07) is 0.178. The highest BCUT2D eigenvalue weighted by molar-refractivity contribution is 6.32. The average molecular weight is 232 g/mol. The van der Waals surface area contributed by atoms with Gasteiger partial charge in [0.15, 0.2) is 5.82 Å². The van der Waals surface area contributed by atoms with Gasteiger partial charge in [-0.2, -0.15) is 4.98 Å². The molecule has 0 fully saturated rings. The second kappa shape index (κ2) is 5.72. The third-order valence-corrected chi connectivity index (χ3v) is 2.24. The molecule has 1 unspecified atom stereocenters. The lowest BCUT2D eigenvalue weighted by Crippen LogP contribution is -2.23. The normalized spacial score (nSPS) is 12.3. The van der Waals surface area contributed by atoms with E-state index in [0.29, 0.717) is 10.8 Å². The first-order valence-corrected chi connectivity index (χ1v) is 5.03.